The lowest BCUT2D eigenvalue weighted by molar-refractivity contribution is -0.122. The van der Waals surface area contributed by atoms with Crippen molar-refractivity contribution in [3.8, 4) is 0 Å². The van der Waals surface area contributed by atoms with Gasteiger partial charge >= 0.3 is 6.03 Å². The van der Waals surface area contributed by atoms with E-state index in [0.717, 1.165) is 32.5 Å². The molecule has 1 aromatic heterocycles. The standard InChI is InChI=1S/C27H21N3O3/c1-18-8-7-11-21(14-18)30-26(32)23(25(31)28-27(30)33)15-20-17-29(16-19-9-3-2-4-10-19)24-13-6-5-12-22(20)24/h2-15,17H,16H2,1H3,(H,28,31,33)/b23-15+. The average Bonchev–Trinajstić information content (AvgIpc) is 3.14. The molecule has 0 unspecified atom stereocenters. The first kappa shape index (κ1) is 20.5. The molecule has 1 saturated heterocycles. The number of fused-ring (bicyclic) bond motifs is 1. The van der Waals surface area contributed by atoms with Crippen molar-refractivity contribution in [2.24, 2.45) is 0 Å². The van der Waals surface area contributed by atoms with Gasteiger partial charge < -0.3 is 4.57 Å². The second kappa shape index (κ2) is 8.24. The molecule has 1 aliphatic rings. The van der Waals surface area contributed by atoms with E-state index in [1.54, 1.807) is 24.3 Å². The van der Waals surface area contributed by atoms with Crippen molar-refractivity contribution in [3.05, 3.63) is 107 Å². The predicted molar refractivity (Wildman–Crippen MR) is 128 cm³/mol. The maximum atomic E-state index is 13.3. The van der Waals surface area contributed by atoms with E-state index < -0.39 is 17.8 Å². The second-order valence-corrected chi connectivity index (χ2v) is 8.01. The number of amides is 4. The summed E-state index contributed by atoms with van der Waals surface area (Å²) in [7, 11) is 0. The number of imide groups is 2. The molecule has 2 heterocycles. The molecule has 5 rings (SSSR count). The van der Waals surface area contributed by atoms with Crippen LogP contribution < -0.4 is 10.2 Å². The lowest BCUT2D eigenvalue weighted by Gasteiger charge is -2.26. The number of rotatable bonds is 4. The molecule has 0 radical (unpaired) electrons. The van der Waals surface area contributed by atoms with Gasteiger partial charge in [0.1, 0.15) is 5.57 Å². The lowest BCUT2D eigenvalue weighted by Crippen LogP contribution is -2.54. The molecule has 6 heteroatoms. The first-order chi connectivity index (χ1) is 16.0. The van der Waals surface area contributed by atoms with Gasteiger partial charge in [-0.25, -0.2) is 9.69 Å². The number of urea groups is 1. The van der Waals surface area contributed by atoms with Crippen LogP contribution in [0.25, 0.3) is 17.0 Å². The minimum absolute atomic E-state index is 0.0845. The predicted octanol–water partition coefficient (Wildman–Crippen LogP) is 4.66. The summed E-state index contributed by atoms with van der Waals surface area (Å²) in [6.07, 6.45) is 3.50. The monoisotopic (exact) mass is 435 g/mol. The van der Waals surface area contributed by atoms with Crippen LogP contribution in [-0.2, 0) is 16.1 Å². The SMILES string of the molecule is Cc1cccc(N2C(=O)NC(=O)/C(=C\c3cn(Cc4ccccc4)c4ccccc34)C2=O)c1. The number of barbiturate groups is 1. The Kier molecular flexibility index (Phi) is 5.11. The van der Waals surface area contributed by atoms with Crippen LogP contribution in [0, 0.1) is 6.92 Å². The highest BCUT2D eigenvalue weighted by atomic mass is 16.2. The van der Waals surface area contributed by atoms with Gasteiger partial charge in [0, 0.05) is 29.2 Å². The number of hydrogen-bond acceptors (Lipinski definition) is 3. The van der Waals surface area contributed by atoms with E-state index in [1.807, 2.05) is 61.7 Å². The summed E-state index contributed by atoms with van der Waals surface area (Å²) >= 11 is 0. The van der Waals surface area contributed by atoms with Crippen LogP contribution in [0.4, 0.5) is 10.5 Å². The zero-order valence-corrected chi connectivity index (χ0v) is 18.0. The second-order valence-electron chi connectivity index (χ2n) is 8.01. The van der Waals surface area contributed by atoms with Crippen LogP contribution in [0.2, 0.25) is 0 Å². The van der Waals surface area contributed by atoms with Crippen LogP contribution >= 0.6 is 0 Å². The fourth-order valence-corrected chi connectivity index (χ4v) is 4.12. The molecule has 33 heavy (non-hydrogen) atoms. The van der Waals surface area contributed by atoms with Crippen molar-refractivity contribution in [2.45, 2.75) is 13.5 Å². The van der Waals surface area contributed by atoms with E-state index in [9.17, 15) is 14.4 Å². The molecule has 6 nitrogen and oxygen atoms in total. The topological polar surface area (TPSA) is 71.4 Å². The number of para-hydroxylation sites is 1. The molecule has 0 bridgehead atoms. The van der Waals surface area contributed by atoms with E-state index in [-0.39, 0.29) is 5.57 Å². The van der Waals surface area contributed by atoms with Gasteiger partial charge in [-0.05, 0) is 42.3 Å². The average molecular weight is 435 g/mol. The third-order valence-corrected chi connectivity index (χ3v) is 5.68. The van der Waals surface area contributed by atoms with E-state index >= 15 is 0 Å². The summed E-state index contributed by atoms with van der Waals surface area (Å²) in [5.41, 5.74) is 4.10. The van der Waals surface area contributed by atoms with Crippen LogP contribution in [-0.4, -0.2) is 22.4 Å². The Hall–Kier alpha value is -4.45. The highest BCUT2D eigenvalue weighted by molar-refractivity contribution is 6.39. The quantitative estimate of drug-likeness (QED) is 0.374. The largest absolute Gasteiger partial charge is 0.342 e. The molecular formula is C27H21N3O3. The number of carbonyl (C=O) groups is 3. The Bertz CT molecular complexity index is 1430. The Morgan fingerprint density at radius 2 is 1.64 bits per heavy atom. The van der Waals surface area contributed by atoms with Crippen molar-refractivity contribution in [1.29, 1.82) is 0 Å². The molecule has 0 spiro atoms. The van der Waals surface area contributed by atoms with Gasteiger partial charge in [0.25, 0.3) is 11.8 Å². The fraction of sp³-hybridized carbons (Fsp3) is 0.0741. The van der Waals surface area contributed by atoms with Gasteiger partial charge in [-0.2, -0.15) is 0 Å². The number of aromatic nitrogens is 1. The van der Waals surface area contributed by atoms with Crippen molar-refractivity contribution >= 4 is 40.5 Å². The molecule has 0 atom stereocenters. The Balaban J connectivity index is 1.58. The van der Waals surface area contributed by atoms with Crippen molar-refractivity contribution in [3.63, 3.8) is 0 Å². The van der Waals surface area contributed by atoms with Crippen LogP contribution in [0.1, 0.15) is 16.7 Å². The molecule has 0 saturated carbocycles. The van der Waals surface area contributed by atoms with E-state index in [0.29, 0.717) is 12.2 Å². The summed E-state index contributed by atoms with van der Waals surface area (Å²) in [5, 5.41) is 3.21. The van der Waals surface area contributed by atoms with Gasteiger partial charge in [0.2, 0.25) is 0 Å². The van der Waals surface area contributed by atoms with Crippen molar-refractivity contribution in [1.82, 2.24) is 9.88 Å². The minimum atomic E-state index is -0.751. The van der Waals surface area contributed by atoms with Crippen molar-refractivity contribution in [2.75, 3.05) is 4.90 Å². The van der Waals surface area contributed by atoms with Gasteiger partial charge in [-0.3, -0.25) is 14.9 Å². The molecule has 1 fully saturated rings. The highest BCUT2D eigenvalue weighted by Crippen LogP contribution is 2.27. The number of aryl methyl sites for hydroxylation is 1. The number of benzene rings is 3. The zero-order chi connectivity index (χ0) is 22.9. The number of hydrogen-bond donors (Lipinski definition) is 1. The summed E-state index contributed by atoms with van der Waals surface area (Å²) in [6, 6.07) is 24.2. The van der Waals surface area contributed by atoms with Crippen LogP contribution in [0.5, 0.6) is 0 Å². The molecule has 1 N–H and O–H groups in total. The molecule has 4 aromatic rings. The molecule has 1 aliphatic heterocycles. The molecule has 162 valence electrons. The van der Waals surface area contributed by atoms with Gasteiger partial charge in [0.05, 0.1) is 5.69 Å². The third kappa shape index (κ3) is 3.83. The molecule has 0 aliphatic carbocycles. The van der Waals surface area contributed by atoms with Gasteiger partial charge in [0.15, 0.2) is 0 Å². The summed E-state index contributed by atoms with van der Waals surface area (Å²) < 4.78 is 2.09. The molecular weight excluding hydrogens is 414 g/mol. The Morgan fingerprint density at radius 1 is 0.879 bits per heavy atom. The van der Waals surface area contributed by atoms with E-state index in [2.05, 4.69) is 22.0 Å². The smallest absolute Gasteiger partial charge is 0.335 e. The van der Waals surface area contributed by atoms with Gasteiger partial charge in [-0.15, -0.1) is 0 Å². The number of carbonyl (C=O) groups excluding carboxylic acids is 3. The third-order valence-electron chi connectivity index (χ3n) is 5.68. The number of anilines is 1. The normalized spacial score (nSPS) is 15.4. The molecule has 3 aromatic carbocycles. The summed E-state index contributed by atoms with van der Waals surface area (Å²) in [5.74, 6) is -1.34. The zero-order valence-electron chi connectivity index (χ0n) is 18.0. The Labute approximate surface area is 190 Å². The Morgan fingerprint density at radius 3 is 2.42 bits per heavy atom. The highest BCUT2D eigenvalue weighted by Gasteiger charge is 2.37. The number of nitrogens with one attached hydrogen (secondary N) is 1. The lowest BCUT2D eigenvalue weighted by atomic mass is 10.1. The van der Waals surface area contributed by atoms with E-state index in [1.165, 1.54) is 0 Å². The first-order valence-corrected chi connectivity index (χ1v) is 10.6. The maximum Gasteiger partial charge on any atom is 0.335 e. The minimum Gasteiger partial charge on any atom is -0.342 e. The van der Waals surface area contributed by atoms with Crippen LogP contribution in [0.3, 0.4) is 0 Å². The maximum absolute atomic E-state index is 13.3. The van der Waals surface area contributed by atoms with E-state index in [4.69, 9.17) is 0 Å². The molecule has 4 amide bonds. The van der Waals surface area contributed by atoms with Gasteiger partial charge in [-0.1, -0.05) is 60.7 Å². The summed E-state index contributed by atoms with van der Waals surface area (Å²) in [6.45, 7) is 2.53. The summed E-state index contributed by atoms with van der Waals surface area (Å²) in [4.78, 5) is 39.4. The number of nitrogens with zero attached hydrogens (tertiary/aromatic N) is 2. The first-order valence-electron chi connectivity index (χ1n) is 10.6. The van der Waals surface area contributed by atoms with Crippen molar-refractivity contribution < 1.29 is 14.4 Å². The van der Waals surface area contributed by atoms with Crippen LogP contribution in [0.15, 0.2) is 90.6 Å². The fourth-order valence-electron chi connectivity index (χ4n) is 4.12.